The van der Waals surface area contributed by atoms with Crippen molar-refractivity contribution in [3.63, 3.8) is 0 Å². The minimum absolute atomic E-state index is 0.00242. The van der Waals surface area contributed by atoms with E-state index in [4.69, 9.17) is 11.6 Å². The summed E-state index contributed by atoms with van der Waals surface area (Å²) in [5, 5.41) is 0. The zero-order chi connectivity index (χ0) is 8.97. The van der Waals surface area contributed by atoms with Crippen LogP contribution in [0.25, 0.3) is 0 Å². The number of nitrogens with zero attached hydrogens (tertiary/aromatic N) is 1. The van der Waals surface area contributed by atoms with Crippen molar-refractivity contribution in [1.29, 1.82) is 0 Å². The Hall–Kier alpha value is -0.280. The van der Waals surface area contributed by atoms with Gasteiger partial charge in [-0.15, -0.1) is 11.6 Å². The molecular weight excluding hydrogens is 241 g/mol. The first-order valence-electron chi connectivity index (χ1n) is 3.66. The van der Waals surface area contributed by atoms with Gasteiger partial charge in [-0.2, -0.15) is 0 Å². The molecule has 0 saturated heterocycles. The zero-order valence-electron chi connectivity index (χ0n) is 6.46. The fraction of sp³-hybridized carbons (Fsp3) is 0.375. The summed E-state index contributed by atoms with van der Waals surface area (Å²) >= 11 is 8.69. The van der Waals surface area contributed by atoms with Gasteiger partial charge in [0.05, 0.1) is 4.47 Å². The molecule has 0 aliphatic heterocycles. The molecule has 1 aromatic heterocycles. The third-order valence-corrected chi connectivity index (χ3v) is 2.38. The van der Waals surface area contributed by atoms with Crippen molar-refractivity contribution >= 4 is 27.5 Å². The summed E-state index contributed by atoms with van der Waals surface area (Å²) < 4.78 is 2.24. The van der Waals surface area contributed by atoms with E-state index in [0.29, 0.717) is 16.9 Å². The Balaban J connectivity index is 2.85. The standard InChI is InChI=1S/C8H9BrClNO/c9-7-3-1-5-11(8(7)12)6-2-4-10/h1,3,5H,2,4,6H2. The van der Waals surface area contributed by atoms with Gasteiger partial charge in [0, 0.05) is 18.6 Å². The van der Waals surface area contributed by atoms with E-state index in [0.717, 1.165) is 6.42 Å². The molecule has 0 bridgehead atoms. The van der Waals surface area contributed by atoms with Gasteiger partial charge in [-0.05, 0) is 34.5 Å². The molecular formula is C8H9BrClNO. The van der Waals surface area contributed by atoms with Gasteiger partial charge >= 0.3 is 0 Å². The number of hydrogen-bond acceptors (Lipinski definition) is 1. The molecule has 4 heteroatoms. The maximum atomic E-state index is 11.3. The lowest BCUT2D eigenvalue weighted by Crippen LogP contribution is -2.19. The topological polar surface area (TPSA) is 22.0 Å². The maximum absolute atomic E-state index is 11.3. The smallest absolute Gasteiger partial charge is 0.264 e. The van der Waals surface area contributed by atoms with Crippen LogP contribution in [0, 0.1) is 0 Å². The number of alkyl halides is 1. The van der Waals surface area contributed by atoms with Gasteiger partial charge in [-0.3, -0.25) is 4.79 Å². The summed E-state index contributed by atoms with van der Waals surface area (Å²) in [6, 6.07) is 3.57. The number of aromatic nitrogens is 1. The molecule has 0 unspecified atom stereocenters. The summed E-state index contributed by atoms with van der Waals surface area (Å²) in [5.41, 5.74) is 0.00242. The lowest BCUT2D eigenvalue weighted by molar-refractivity contribution is 0.654. The summed E-state index contributed by atoms with van der Waals surface area (Å²) in [6.07, 6.45) is 2.58. The third kappa shape index (κ3) is 2.35. The van der Waals surface area contributed by atoms with E-state index in [1.54, 1.807) is 16.8 Å². The molecule has 0 aliphatic carbocycles. The molecule has 1 heterocycles. The van der Waals surface area contributed by atoms with Crippen LogP contribution in [-0.2, 0) is 6.54 Å². The molecule has 0 N–H and O–H groups in total. The fourth-order valence-electron chi connectivity index (χ4n) is 0.914. The summed E-state index contributed by atoms with van der Waals surface area (Å²) in [4.78, 5) is 11.3. The molecule has 0 spiro atoms. The molecule has 0 aliphatic rings. The Labute approximate surface area is 84.3 Å². The molecule has 0 amide bonds. The van der Waals surface area contributed by atoms with Gasteiger partial charge in [0.2, 0.25) is 0 Å². The number of pyridine rings is 1. The van der Waals surface area contributed by atoms with Crippen molar-refractivity contribution in [2.45, 2.75) is 13.0 Å². The summed E-state index contributed by atoms with van der Waals surface area (Å²) in [5.74, 6) is 0.582. The Kier molecular flexibility index (Phi) is 3.82. The van der Waals surface area contributed by atoms with Crippen molar-refractivity contribution in [3.05, 3.63) is 33.2 Å². The van der Waals surface area contributed by atoms with Crippen LogP contribution in [0.1, 0.15) is 6.42 Å². The number of aryl methyl sites for hydroxylation is 1. The van der Waals surface area contributed by atoms with E-state index < -0.39 is 0 Å². The molecule has 66 valence electrons. The highest BCUT2D eigenvalue weighted by Gasteiger charge is 1.97. The van der Waals surface area contributed by atoms with Crippen molar-refractivity contribution in [1.82, 2.24) is 4.57 Å². The van der Waals surface area contributed by atoms with Crippen LogP contribution in [0.15, 0.2) is 27.6 Å². The van der Waals surface area contributed by atoms with Crippen molar-refractivity contribution in [3.8, 4) is 0 Å². The minimum atomic E-state index is 0.00242. The minimum Gasteiger partial charge on any atom is -0.315 e. The van der Waals surface area contributed by atoms with Gasteiger partial charge in [-0.25, -0.2) is 0 Å². The van der Waals surface area contributed by atoms with Gasteiger partial charge in [-0.1, -0.05) is 0 Å². The van der Waals surface area contributed by atoms with Crippen LogP contribution in [-0.4, -0.2) is 10.4 Å². The van der Waals surface area contributed by atoms with Gasteiger partial charge < -0.3 is 4.57 Å². The number of halogens is 2. The first-order valence-corrected chi connectivity index (χ1v) is 4.99. The van der Waals surface area contributed by atoms with Crippen LogP contribution in [0.2, 0.25) is 0 Å². The molecule has 2 nitrogen and oxygen atoms in total. The van der Waals surface area contributed by atoms with E-state index in [1.807, 2.05) is 6.07 Å². The van der Waals surface area contributed by atoms with Crippen LogP contribution in [0.5, 0.6) is 0 Å². The molecule has 0 radical (unpaired) electrons. The van der Waals surface area contributed by atoms with Crippen molar-refractivity contribution < 1.29 is 0 Å². The second kappa shape index (κ2) is 4.67. The normalized spacial score (nSPS) is 10.2. The van der Waals surface area contributed by atoms with E-state index in [2.05, 4.69) is 15.9 Å². The predicted octanol–water partition coefficient (Wildman–Crippen LogP) is 2.24. The molecule has 1 rings (SSSR count). The van der Waals surface area contributed by atoms with Crippen molar-refractivity contribution in [2.75, 3.05) is 5.88 Å². The largest absolute Gasteiger partial charge is 0.315 e. The quantitative estimate of drug-likeness (QED) is 0.754. The highest BCUT2D eigenvalue weighted by atomic mass is 79.9. The van der Waals surface area contributed by atoms with Crippen LogP contribution in [0.3, 0.4) is 0 Å². The Bertz CT molecular complexity index is 310. The first kappa shape index (κ1) is 9.81. The van der Waals surface area contributed by atoms with E-state index in [-0.39, 0.29) is 5.56 Å². The van der Waals surface area contributed by atoms with Crippen LogP contribution < -0.4 is 5.56 Å². The Morgan fingerprint density at radius 1 is 1.58 bits per heavy atom. The highest BCUT2D eigenvalue weighted by molar-refractivity contribution is 9.10. The lowest BCUT2D eigenvalue weighted by Gasteiger charge is -2.02. The SMILES string of the molecule is O=c1c(Br)cccn1CCCCl. The lowest BCUT2D eigenvalue weighted by atomic mass is 10.4. The van der Waals surface area contributed by atoms with Crippen LogP contribution in [0.4, 0.5) is 0 Å². The zero-order valence-corrected chi connectivity index (χ0v) is 8.81. The molecule has 1 aromatic rings. The number of rotatable bonds is 3. The van der Waals surface area contributed by atoms with Crippen LogP contribution >= 0.6 is 27.5 Å². The summed E-state index contributed by atoms with van der Waals surface area (Å²) in [7, 11) is 0. The monoisotopic (exact) mass is 249 g/mol. The van der Waals surface area contributed by atoms with Gasteiger partial charge in [0.25, 0.3) is 5.56 Å². The molecule has 0 saturated carbocycles. The molecule has 0 atom stereocenters. The Morgan fingerprint density at radius 2 is 2.33 bits per heavy atom. The second-order valence-electron chi connectivity index (χ2n) is 2.40. The highest BCUT2D eigenvalue weighted by Crippen LogP contribution is 2.01. The molecule has 0 aromatic carbocycles. The maximum Gasteiger partial charge on any atom is 0.264 e. The molecule has 0 fully saturated rings. The van der Waals surface area contributed by atoms with E-state index >= 15 is 0 Å². The summed E-state index contributed by atoms with van der Waals surface area (Å²) in [6.45, 7) is 0.682. The average Bonchev–Trinajstić information content (AvgIpc) is 2.08. The van der Waals surface area contributed by atoms with E-state index in [9.17, 15) is 4.79 Å². The predicted molar refractivity (Wildman–Crippen MR) is 53.7 cm³/mol. The fourth-order valence-corrected chi connectivity index (χ4v) is 1.41. The van der Waals surface area contributed by atoms with Gasteiger partial charge in [0.1, 0.15) is 0 Å². The van der Waals surface area contributed by atoms with Gasteiger partial charge in [0.15, 0.2) is 0 Å². The molecule has 12 heavy (non-hydrogen) atoms. The number of hydrogen-bond donors (Lipinski definition) is 0. The third-order valence-electron chi connectivity index (χ3n) is 1.51. The average molecular weight is 251 g/mol. The van der Waals surface area contributed by atoms with Crippen molar-refractivity contribution in [2.24, 2.45) is 0 Å². The second-order valence-corrected chi connectivity index (χ2v) is 3.63. The first-order chi connectivity index (χ1) is 5.75. The Morgan fingerprint density at radius 3 is 3.00 bits per heavy atom. The van der Waals surface area contributed by atoms with E-state index in [1.165, 1.54) is 0 Å².